The smallest absolute Gasteiger partial charge is 0.253 e. The number of anilines is 1. The van der Waals surface area contributed by atoms with Gasteiger partial charge in [-0.2, -0.15) is 0 Å². The summed E-state index contributed by atoms with van der Waals surface area (Å²) in [4.78, 5) is 12.7. The first-order chi connectivity index (χ1) is 10.0. The molecule has 2 N–H and O–H groups in total. The lowest BCUT2D eigenvalue weighted by Gasteiger charge is -2.32. The molecule has 1 aromatic carbocycles. The Labute approximate surface area is 133 Å². The molecule has 0 bridgehead atoms. The molecule has 0 aliphatic carbocycles. The van der Waals surface area contributed by atoms with E-state index < -0.39 is 0 Å². The number of amides is 1. The van der Waals surface area contributed by atoms with E-state index in [0.717, 1.165) is 37.9 Å². The van der Waals surface area contributed by atoms with E-state index in [1.165, 1.54) is 0 Å². The average molecular weight is 311 g/mol. The van der Waals surface area contributed by atoms with Gasteiger partial charge in [0.2, 0.25) is 0 Å². The van der Waals surface area contributed by atoms with Crippen LogP contribution in [0.2, 0.25) is 5.02 Å². The van der Waals surface area contributed by atoms with Crippen molar-refractivity contribution in [3.05, 3.63) is 28.8 Å². The fourth-order valence-electron chi connectivity index (χ4n) is 2.44. The minimum absolute atomic E-state index is 0.0540. The molecular formula is C17H27ClN2O. The Bertz CT molecular complexity index is 462. The van der Waals surface area contributed by atoms with Gasteiger partial charge in [0.05, 0.1) is 5.56 Å². The summed E-state index contributed by atoms with van der Waals surface area (Å²) in [5.41, 5.74) is 1.33. The van der Waals surface area contributed by atoms with Gasteiger partial charge >= 0.3 is 0 Å². The van der Waals surface area contributed by atoms with Crippen LogP contribution >= 0.6 is 11.6 Å². The van der Waals surface area contributed by atoms with E-state index in [1.807, 2.05) is 12.1 Å². The summed E-state index contributed by atoms with van der Waals surface area (Å²) < 4.78 is 0. The summed E-state index contributed by atoms with van der Waals surface area (Å²) in [6.07, 6.45) is 3.77. The highest BCUT2D eigenvalue weighted by molar-refractivity contribution is 6.31. The third-order valence-corrected chi connectivity index (χ3v) is 4.44. The van der Waals surface area contributed by atoms with E-state index in [-0.39, 0.29) is 11.4 Å². The lowest BCUT2D eigenvalue weighted by molar-refractivity contribution is 0.0889. The minimum Gasteiger partial charge on any atom is -0.384 e. The zero-order chi connectivity index (χ0) is 15.9. The first-order valence-electron chi connectivity index (χ1n) is 7.87. The highest BCUT2D eigenvalue weighted by atomic mass is 35.5. The second-order valence-electron chi connectivity index (χ2n) is 5.41. The van der Waals surface area contributed by atoms with Gasteiger partial charge in [-0.05, 0) is 43.9 Å². The normalized spacial score (nSPS) is 11.3. The van der Waals surface area contributed by atoms with Crippen LogP contribution in [0.3, 0.4) is 0 Å². The number of rotatable bonds is 8. The maximum Gasteiger partial charge on any atom is 0.253 e. The van der Waals surface area contributed by atoms with E-state index in [2.05, 4.69) is 38.3 Å². The Hall–Kier alpha value is -1.22. The molecule has 1 aromatic rings. The Kier molecular flexibility index (Phi) is 7.03. The van der Waals surface area contributed by atoms with Gasteiger partial charge < -0.3 is 10.6 Å². The van der Waals surface area contributed by atoms with Gasteiger partial charge in [-0.15, -0.1) is 0 Å². The molecule has 0 saturated heterocycles. The molecule has 0 aliphatic heterocycles. The zero-order valence-electron chi connectivity index (χ0n) is 13.6. The molecule has 21 heavy (non-hydrogen) atoms. The molecule has 3 nitrogen and oxygen atoms in total. The molecule has 0 aliphatic rings. The number of hydrogen-bond donors (Lipinski definition) is 2. The standard InChI is InChI=1S/C17H27ClN2O/c1-5-11-19-15-10-9-13(18)12-14(15)16(21)20-17(6-2,7-3)8-4/h9-10,12,19H,5-8,11H2,1-4H3,(H,20,21). The van der Waals surface area contributed by atoms with Crippen molar-refractivity contribution >= 4 is 23.2 Å². The summed E-state index contributed by atoms with van der Waals surface area (Å²) in [5, 5.41) is 7.07. The van der Waals surface area contributed by atoms with Crippen LogP contribution in [0.5, 0.6) is 0 Å². The van der Waals surface area contributed by atoms with E-state index in [1.54, 1.807) is 6.07 Å². The molecule has 1 amide bonds. The van der Waals surface area contributed by atoms with Crippen molar-refractivity contribution in [2.75, 3.05) is 11.9 Å². The van der Waals surface area contributed by atoms with Crippen molar-refractivity contribution in [2.45, 2.75) is 58.9 Å². The van der Waals surface area contributed by atoms with Crippen LogP contribution in [0, 0.1) is 0 Å². The molecular weight excluding hydrogens is 284 g/mol. The predicted molar refractivity (Wildman–Crippen MR) is 91.3 cm³/mol. The van der Waals surface area contributed by atoms with Crippen molar-refractivity contribution in [2.24, 2.45) is 0 Å². The number of hydrogen-bond acceptors (Lipinski definition) is 2. The first-order valence-corrected chi connectivity index (χ1v) is 8.25. The Balaban J connectivity index is 3.02. The van der Waals surface area contributed by atoms with Gasteiger partial charge in [-0.25, -0.2) is 0 Å². The van der Waals surface area contributed by atoms with Crippen molar-refractivity contribution in [3.63, 3.8) is 0 Å². The number of nitrogens with one attached hydrogen (secondary N) is 2. The van der Waals surface area contributed by atoms with Crippen molar-refractivity contribution in [1.29, 1.82) is 0 Å². The van der Waals surface area contributed by atoms with Crippen LogP contribution in [0.4, 0.5) is 5.69 Å². The summed E-state index contributed by atoms with van der Waals surface area (Å²) >= 11 is 6.06. The van der Waals surface area contributed by atoms with Crippen LogP contribution in [0.25, 0.3) is 0 Å². The lowest BCUT2D eigenvalue weighted by atomic mass is 9.89. The van der Waals surface area contributed by atoms with Gasteiger partial charge in [0.25, 0.3) is 5.91 Å². The van der Waals surface area contributed by atoms with E-state index in [0.29, 0.717) is 10.6 Å². The molecule has 0 saturated carbocycles. The molecule has 118 valence electrons. The first kappa shape index (κ1) is 17.8. The fourth-order valence-corrected chi connectivity index (χ4v) is 2.61. The second-order valence-corrected chi connectivity index (χ2v) is 5.85. The summed E-state index contributed by atoms with van der Waals surface area (Å²) in [6, 6.07) is 5.42. The molecule has 0 fully saturated rings. The van der Waals surface area contributed by atoms with Crippen LogP contribution in [0.1, 0.15) is 63.7 Å². The van der Waals surface area contributed by atoms with Gasteiger partial charge in [0.15, 0.2) is 0 Å². The molecule has 0 unspecified atom stereocenters. The number of benzene rings is 1. The summed E-state index contributed by atoms with van der Waals surface area (Å²) in [7, 11) is 0. The van der Waals surface area contributed by atoms with Crippen LogP contribution in [-0.2, 0) is 0 Å². The second kappa shape index (κ2) is 8.28. The third-order valence-electron chi connectivity index (χ3n) is 4.20. The van der Waals surface area contributed by atoms with Gasteiger partial charge in [-0.1, -0.05) is 39.3 Å². The molecule has 0 heterocycles. The molecule has 0 aromatic heterocycles. The topological polar surface area (TPSA) is 41.1 Å². The number of carbonyl (C=O) groups excluding carboxylic acids is 1. The van der Waals surface area contributed by atoms with E-state index in [9.17, 15) is 4.79 Å². The maximum absolute atomic E-state index is 12.7. The molecule has 1 rings (SSSR count). The Morgan fingerprint density at radius 3 is 2.29 bits per heavy atom. The SMILES string of the molecule is CCCNc1ccc(Cl)cc1C(=O)NC(CC)(CC)CC. The highest BCUT2D eigenvalue weighted by Crippen LogP contribution is 2.24. The maximum atomic E-state index is 12.7. The quantitative estimate of drug-likeness (QED) is 0.720. The predicted octanol–water partition coefficient (Wildman–Crippen LogP) is 4.86. The van der Waals surface area contributed by atoms with E-state index >= 15 is 0 Å². The largest absolute Gasteiger partial charge is 0.384 e. The molecule has 0 radical (unpaired) electrons. The van der Waals surface area contributed by atoms with Gasteiger partial charge in [0, 0.05) is 22.8 Å². The third kappa shape index (κ3) is 4.63. The van der Waals surface area contributed by atoms with Crippen molar-refractivity contribution in [3.8, 4) is 0 Å². The van der Waals surface area contributed by atoms with Gasteiger partial charge in [0.1, 0.15) is 0 Å². The van der Waals surface area contributed by atoms with Crippen molar-refractivity contribution in [1.82, 2.24) is 5.32 Å². The molecule has 4 heteroatoms. The molecule has 0 atom stereocenters. The monoisotopic (exact) mass is 310 g/mol. The number of halogens is 1. The molecule has 0 spiro atoms. The number of carbonyl (C=O) groups is 1. The lowest BCUT2D eigenvalue weighted by Crippen LogP contribution is -2.47. The Morgan fingerprint density at radius 1 is 1.14 bits per heavy atom. The highest BCUT2D eigenvalue weighted by Gasteiger charge is 2.27. The minimum atomic E-state index is -0.137. The van der Waals surface area contributed by atoms with Crippen molar-refractivity contribution < 1.29 is 4.79 Å². The average Bonchev–Trinajstić information content (AvgIpc) is 2.51. The zero-order valence-corrected chi connectivity index (χ0v) is 14.3. The van der Waals surface area contributed by atoms with Crippen LogP contribution in [-0.4, -0.2) is 18.0 Å². The van der Waals surface area contributed by atoms with Crippen LogP contribution < -0.4 is 10.6 Å². The fraction of sp³-hybridized carbons (Fsp3) is 0.588. The van der Waals surface area contributed by atoms with Gasteiger partial charge in [-0.3, -0.25) is 4.79 Å². The summed E-state index contributed by atoms with van der Waals surface area (Å²) in [5.74, 6) is -0.0540. The Morgan fingerprint density at radius 2 is 1.76 bits per heavy atom. The summed E-state index contributed by atoms with van der Waals surface area (Å²) in [6.45, 7) is 9.27. The van der Waals surface area contributed by atoms with E-state index in [4.69, 9.17) is 11.6 Å². The van der Waals surface area contributed by atoms with Crippen LogP contribution in [0.15, 0.2) is 18.2 Å².